The number of carbonyl (C=O) groups excluding carboxylic acids is 1. The van der Waals surface area contributed by atoms with Crippen molar-refractivity contribution in [3.8, 4) is 5.75 Å². The maximum atomic E-state index is 12.3. The highest BCUT2D eigenvalue weighted by Crippen LogP contribution is 2.22. The molecular weight excluding hydrogens is 326 g/mol. The molecule has 0 aliphatic heterocycles. The van der Waals surface area contributed by atoms with Crippen molar-refractivity contribution in [1.29, 1.82) is 0 Å². The number of nitrogens with one attached hydrogen (secondary N) is 1. The molecule has 0 aliphatic rings. The average molecular weight is 348 g/mol. The molecule has 0 heterocycles. The molecule has 2 aromatic carbocycles. The van der Waals surface area contributed by atoms with Crippen LogP contribution in [0.2, 0.25) is 5.02 Å². The van der Waals surface area contributed by atoms with E-state index in [1.54, 1.807) is 25.3 Å². The van der Waals surface area contributed by atoms with Gasteiger partial charge in [0.1, 0.15) is 5.75 Å². The summed E-state index contributed by atoms with van der Waals surface area (Å²) < 4.78 is 5.18. The summed E-state index contributed by atoms with van der Waals surface area (Å²) in [7, 11) is 5.58. The van der Waals surface area contributed by atoms with E-state index in [1.165, 1.54) is 0 Å². The predicted molar refractivity (Wildman–Crippen MR) is 97.6 cm³/mol. The summed E-state index contributed by atoms with van der Waals surface area (Å²) >= 11 is 5.89. The number of rotatable bonds is 6. The van der Waals surface area contributed by atoms with Crippen molar-refractivity contribution in [2.24, 2.45) is 0 Å². The van der Waals surface area contributed by atoms with E-state index in [0.29, 0.717) is 22.8 Å². The van der Waals surface area contributed by atoms with Crippen molar-refractivity contribution < 1.29 is 9.53 Å². The summed E-state index contributed by atoms with van der Waals surface area (Å²) in [5, 5.41) is 3.38. The molecule has 0 radical (unpaired) electrons. The number of amides is 1. The molecule has 24 heavy (non-hydrogen) atoms. The Kier molecular flexibility index (Phi) is 6.06. The first-order chi connectivity index (χ1) is 11.4. The molecule has 0 saturated heterocycles. The van der Waals surface area contributed by atoms with Crippen molar-refractivity contribution in [2.45, 2.75) is 6.04 Å². The number of nitrogen functional groups attached to an aromatic ring is 1. The second kappa shape index (κ2) is 8.04. The van der Waals surface area contributed by atoms with Gasteiger partial charge in [-0.3, -0.25) is 4.79 Å². The highest BCUT2D eigenvalue weighted by atomic mass is 35.5. The van der Waals surface area contributed by atoms with Crippen LogP contribution in [0.4, 0.5) is 5.69 Å². The van der Waals surface area contributed by atoms with Crippen LogP contribution >= 0.6 is 11.6 Å². The first kappa shape index (κ1) is 18.1. The molecule has 0 aliphatic carbocycles. The first-order valence-electron chi connectivity index (χ1n) is 7.56. The standard InChI is InChI=1S/C18H22ClN3O2/c1-22(2)17(12-4-7-14(24-3)8-5-12)11-21-18(23)13-6-9-15(19)16(20)10-13/h4-10,17H,11,20H2,1-3H3,(H,21,23). The van der Waals surface area contributed by atoms with Gasteiger partial charge in [-0.15, -0.1) is 0 Å². The quantitative estimate of drug-likeness (QED) is 0.788. The van der Waals surface area contributed by atoms with Gasteiger partial charge in [-0.1, -0.05) is 23.7 Å². The highest BCUT2D eigenvalue weighted by Gasteiger charge is 2.16. The predicted octanol–water partition coefficient (Wildman–Crippen LogP) is 2.96. The van der Waals surface area contributed by atoms with Crippen molar-refractivity contribution in [1.82, 2.24) is 10.2 Å². The number of nitrogens with zero attached hydrogens (tertiary/aromatic N) is 1. The van der Waals surface area contributed by atoms with Gasteiger partial charge in [0.25, 0.3) is 5.91 Å². The number of methoxy groups -OCH3 is 1. The maximum Gasteiger partial charge on any atom is 0.251 e. The van der Waals surface area contributed by atoms with Crippen LogP contribution < -0.4 is 15.8 Å². The van der Waals surface area contributed by atoms with Crippen molar-refractivity contribution in [3.05, 3.63) is 58.6 Å². The number of nitrogens with two attached hydrogens (primary N) is 1. The van der Waals surface area contributed by atoms with Crippen molar-refractivity contribution in [3.63, 3.8) is 0 Å². The maximum absolute atomic E-state index is 12.3. The minimum absolute atomic E-state index is 0.0458. The lowest BCUT2D eigenvalue weighted by atomic mass is 10.1. The van der Waals surface area contributed by atoms with Gasteiger partial charge in [0.2, 0.25) is 0 Å². The molecule has 5 nitrogen and oxygen atoms in total. The summed E-state index contributed by atoms with van der Waals surface area (Å²) in [6.07, 6.45) is 0. The number of ether oxygens (including phenoxy) is 1. The third kappa shape index (κ3) is 4.40. The Morgan fingerprint density at radius 3 is 2.46 bits per heavy atom. The third-order valence-corrected chi connectivity index (χ3v) is 4.18. The molecule has 6 heteroatoms. The van der Waals surface area contributed by atoms with Crippen LogP contribution in [0.25, 0.3) is 0 Å². The molecule has 3 N–H and O–H groups in total. The fourth-order valence-electron chi connectivity index (χ4n) is 2.40. The molecule has 2 rings (SSSR count). The van der Waals surface area contributed by atoms with E-state index in [-0.39, 0.29) is 11.9 Å². The molecule has 0 fully saturated rings. The molecule has 1 atom stereocenters. The first-order valence-corrected chi connectivity index (χ1v) is 7.93. The molecule has 0 spiro atoms. The summed E-state index contributed by atoms with van der Waals surface area (Å²) in [5.41, 5.74) is 7.73. The number of hydrogen-bond donors (Lipinski definition) is 2. The Morgan fingerprint density at radius 1 is 1.25 bits per heavy atom. The minimum atomic E-state index is -0.182. The van der Waals surface area contributed by atoms with Crippen LogP contribution in [0, 0.1) is 0 Å². The zero-order valence-electron chi connectivity index (χ0n) is 14.0. The van der Waals surface area contributed by atoms with Crippen LogP contribution in [-0.4, -0.2) is 38.6 Å². The summed E-state index contributed by atoms with van der Waals surface area (Å²) in [4.78, 5) is 14.4. The molecule has 1 amide bonds. The second-order valence-electron chi connectivity index (χ2n) is 5.70. The molecular formula is C18H22ClN3O2. The Bertz CT molecular complexity index is 702. The largest absolute Gasteiger partial charge is 0.497 e. The summed E-state index contributed by atoms with van der Waals surface area (Å²) in [6.45, 7) is 0.473. The number of anilines is 1. The van der Waals surface area contributed by atoms with E-state index >= 15 is 0 Å². The summed E-state index contributed by atoms with van der Waals surface area (Å²) in [5.74, 6) is 0.621. The van der Waals surface area contributed by atoms with Gasteiger partial charge in [-0.05, 0) is 50.0 Å². The highest BCUT2D eigenvalue weighted by molar-refractivity contribution is 6.33. The van der Waals surface area contributed by atoms with Gasteiger partial charge >= 0.3 is 0 Å². The molecule has 0 bridgehead atoms. The lowest BCUT2D eigenvalue weighted by molar-refractivity contribution is 0.0942. The fraction of sp³-hybridized carbons (Fsp3) is 0.278. The van der Waals surface area contributed by atoms with E-state index < -0.39 is 0 Å². The van der Waals surface area contributed by atoms with Gasteiger partial charge in [0.05, 0.1) is 23.9 Å². The molecule has 0 aromatic heterocycles. The van der Waals surface area contributed by atoms with Crippen LogP contribution in [0.3, 0.4) is 0 Å². The van der Waals surface area contributed by atoms with E-state index in [9.17, 15) is 4.79 Å². The van der Waals surface area contributed by atoms with Crippen molar-refractivity contribution >= 4 is 23.2 Å². The number of hydrogen-bond acceptors (Lipinski definition) is 4. The van der Waals surface area contributed by atoms with Crippen LogP contribution in [-0.2, 0) is 0 Å². The van der Waals surface area contributed by atoms with E-state index in [4.69, 9.17) is 22.1 Å². The molecule has 2 aromatic rings. The van der Waals surface area contributed by atoms with Crippen LogP contribution in [0.15, 0.2) is 42.5 Å². The minimum Gasteiger partial charge on any atom is -0.497 e. The lowest BCUT2D eigenvalue weighted by Gasteiger charge is -2.25. The number of carbonyl (C=O) groups is 1. The van der Waals surface area contributed by atoms with Gasteiger partial charge in [-0.25, -0.2) is 0 Å². The Hall–Kier alpha value is -2.24. The average Bonchev–Trinajstić information content (AvgIpc) is 2.57. The third-order valence-electron chi connectivity index (χ3n) is 3.84. The van der Waals surface area contributed by atoms with Gasteiger partial charge in [0.15, 0.2) is 0 Å². The summed E-state index contributed by atoms with van der Waals surface area (Å²) in [6, 6.07) is 12.7. The fourth-order valence-corrected chi connectivity index (χ4v) is 2.52. The van der Waals surface area contributed by atoms with E-state index in [2.05, 4.69) is 10.2 Å². The molecule has 128 valence electrons. The Labute approximate surface area is 147 Å². The molecule has 0 saturated carbocycles. The number of likely N-dealkylation sites (N-methyl/N-ethyl adjacent to an activating group) is 1. The van der Waals surface area contributed by atoms with E-state index in [1.807, 2.05) is 38.4 Å². The van der Waals surface area contributed by atoms with Gasteiger partial charge in [0, 0.05) is 12.1 Å². The lowest BCUT2D eigenvalue weighted by Crippen LogP contribution is -2.34. The SMILES string of the molecule is COc1ccc(C(CNC(=O)c2ccc(Cl)c(N)c2)N(C)C)cc1. The van der Waals surface area contributed by atoms with E-state index in [0.717, 1.165) is 11.3 Å². The number of halogens is 1. The Morgan fingerprint density at radius 2 is 1.92 bits per heavy atom. The zero-order valence-corrected chi connectivity index (χ0v) is 14.8. The normalized spacial score (nSPS) is 12.0. The Balaban J connectivity index is 2.07. The monoisotopic (exact) mass is 347 g/mol. The second-order valence-corrected chi connectivity index (χ2v) is 6.11. The van der Waals surface area contributed by atoms with Gasteiger partial charge < -0.3 is 20.7 Å². The van der Waals surface area contributed by atoms with Crippen LogP contribution in [0.1, 0.15) is 22.0 Å². The zero-order chi connectivity index (χ0) is 17.7. The topological polar surface area (TPSA) is 67.6 Å². The van der Waals surface area contributed by atoms with Gasteiger partial charge in [-0.2, -0.15) is 0 Å². The molecule has 1 unspecified atom stereocenters. The number of benzene rings is 2. The van der Waals surface area contributed by atoms with Crippen LogP contribution in [0.5, 0.6) is 5.75 Å². The van der Waals surface area contributed by atoms with Crippen molar-refractivity contribution in [2.75, 3.05) is 33.5 Å². The smallest absolute Gasteiger partial charge is 0.251 e.